The lowest BCUT2D eigenvalue weighted by atomic mass is 10.1. The van der Waals surface area contributed by atoms with Gasteiger partial charge in [-0.1, -0.05) is 21.1 Å². The van der Waals surface area contributed by atoms with Gasteiger partial charge < -0.3 is 15.8 Å². The minimum atomic E-state index is 0.159. The molecule has 5 heteroatoms. The van der Waals surface area contributed by atoms with Crippen LogP contribution in [-0.2, 0) is 0 Å². The van der Waals surface area contributed by atoms with E-state index in [9.17, 15) is 0 Å². The zero-order valence-electron chi connectivity index (χ0n) is 9.56. The quantitative estimate of drug-likeness (QED) is 0.382. The van der Waals surface area contributed by atoms with Gasteiger partial charge in [0.25, 0.3) is 0 Å². The Morgan fingerprint density at radius 1 is 1.29 bits per heavy atom. The summed E-state index contributed by atoms with van der Waals surface area (Å²) >= 11 is 3.41. The van der Waals surface area contributed by atoms with Crippen molar-refractivity contribution < 1.29 is 5.21 Å². The minimum absolute atomic E-state index is 0.159. The molecule has 17 heavy (non-hydrogen) atoms. The Balaban J connectivity index is 2.37. The van der Waals surface area contributed by atoms with Crippen LogP contribution in [0.25, 0.3) is 0 Å². The van der Waals surface area contributed by atoms with Gasteiger partial charge in [-0.05, 0) is 37.5 Å². The van der Waals surface area contributed by atoms with Crippen molar-refractivity contribution in [3.8, 4) is 0 Å². The van der Waals surface area contributed by atoms with Crippen LogP contribution in [0.2, 0.25) is 0 Å². The van der Waals surface area contributed by atoms with E-state index in [-0.39, 0.29) is 5.84 Å². The molecule has 0 aliphatic carbocycles. The first-order valence-corrected chi connectivity index (χ1v) is 6.54. The normalized spacial score (nSPS) is 17.2. The lowest BCUT2D eigenvalue weighted by molar-refractivity contribution is 0.318. The van der Waals surface area contributed by atoms with Crippen LogP contribution in [0.5, 0.6) is 0 Å². The molecule has 1 fully saturated rings. The summed E-state index contributed by atoms with van der Waals surface area (Å²) in [6.45, 7) is 2.07. The van der Waals surface area contributed by atoms with Crippen molar-refractivity contribution in [3.63, 3.8) is 0 Å². The molecule has 2 rings (SSSR count). The number of halogens is 1. The summed E-state index contributed by atoms with van der Waals surface area (Å²) in [7, 11) is 0. The Morgan fingerprint density at radius 3 is 2.65 bits per heavy atom. The number of oxime groups is 1. The number of nitrogens with zero attached hydrogens (tertiary/aromatic N) is 2. The molecule has 0 aromatic heterocycles. The third-order valence-electron chi connectivity index (χ3n) is 3.04. The lowest BCUT2D eigenvalue weighted by Crippen LogP contribution is -2.31. The number of amidine groups is 1. The van der Waals surface area contributed by atoms with Crippen LogP contribution in [0.15, 0.2) is 27.8 Å². The summed E-state index contributed by atoms with van der Waals surface area (Å²) in [5.74, 6) is 0.159. The van der Waals surface area contributed by atoms with E-state index in [1.54, 1.807) is 0 Å². The van der Waals surface area contributed by atoms with Crippen LogP contribution in [-0.4, -0.2) is 24.1 Å². The maximum Gasteiger partial charge on any atom is 0.172 e. The first-order chi connectivity index (χ1) is 8.22. The van der Waals surface area contributed by atoms with E-state index < -0.39 is 0 Å². The molecule has 1 aromatic rings. The molecule has 0 saturated carbocycles. The van der Waals surface area contributed by atoms with Gasteiger partial charge in [-0.2, -0.15) is 0 Å². The second kappa shape index (κ2) is 5.40. The summed E-state index contributed by atoms with van der Waals surface area (Å²) in [5, 5.41) is 11.9. The fourth-order valence-corrected chi connectivity index (χ4v) is 2.54. The highest BCUT2D eigenvalue weighted by molar-refractivity contribution is 9.10. The van der Waals surface area contributed by atoms with Crippen molar-refractivity contribution in [3.05, 3.63) is 28.2 Å². The van der Waals surface area contributed by atoms with E-state index in [4.69, 9.17) is 10.9 Å². The molecule has 0 spiro atoms. The summed E-state index contributed by atoms with van der Waals surface area (Å²) in [5.41, 5.74) is 7.55. The largest absolute Gasteiger partial charge is 0.409 e. The van der Waals surface area contributed by atoms with E-state index in [1.807, 2.05) is 18.2 Å². The molecule has 1 heterocycles. The zero-order valence-corrected chi connectivity index (χ0v) is 11.2. The van der Waals surface area contributed by atoms with Crippen LogP contribution < -0.4 is 10.6 Å². The predicted octanol–water partition coefficient (Wildman–Crippen LogP) is 2.53. The SMILES string of the molecule is N/C(=N/O)c1cc(Br)ccc1N1CCCCC1. The molecule has 0 unspecified atom stereocenters. The Labute approximate surface area is 109 Å². The molecule has 92 valence electrons. The zero-order chi connectivity index (χ0) is 12.3. The standard InChI is InChI=1S/C12H16BrN3O/c13-9-4-5-11(10(8-9)12(14)15-17)16-6-2-1-3-7-16/h4-5,8,17H,1-3,6-7H2,(H2,14,15). The Hall–Kier alpha value is -1.23. The molecule has 0 bridgehead atoms. The average Bonchev–Trinajstić information content (AvgIpc) is 2.38. The molecule has 4 nitrogen and oxygen atoms in total. The number of hydrogen-bond donors (Lipinski definition) is 2. The Kier molecular flexibility index (Phi) is 3.89. The van der Waals surface area contributed by atoms with Gasteiger partial charge in [0.2, 0.25) is 0 Å². The van der Waals surface area contributed by atoms with Gasteiger partial charge >= 0.3 is 0 Å². The lowest BCUT2D eigenvalue weighted by Gasteiger charge is -2.30. The molecule has 1 aromatic carbocycles. The fraction of sp³-hybridized carbons (Fsp3) is 0.417. The number of hydrogen-bond acceptors (Lipinski definition) is 3. The van der Waals surface area contributed by atoms with E-state index >= 15 is 0 Å². The third-order valence-corrected chi connectivity index (χ3v) is 3.53. The van der Waals surface area contributed by atoms with E-state index in [1.165, 1.54) is 19.3 Å². The smallest absolute Gasteiger partial charge is 0.172 e. The fourth-order valence-electron chi connectivity index (χ4n) is 2.18. The van der Waals surface area contributed by atoms with Crippen molar-refractivity contribution >= 4 is 27.5 Å². The first kappa shape index (κ1) is 12.2. The van der Waals surface area contributed by atoms with Crippen molar-refractivity contribution in [2.45, 2.75) is 19.3 Å². The van der Waals surface area contributed by atoms with Gasteiger partial charge in [0.05, 0.1) is 0 Å². The number of nitrogens with two attached hydrogens (primary N) is 1. The predicted molar refractivity (Wildman–Crippen MR) is 72.7 cm³/mol. The number of rotatable bonds is 2. The number of anilines is 1. The molecule has 0 radical (unpaired) electrons. The van der Waals surface area contributed by atoms with Gasteiger partial charge in [0.1, 0.15) is 0 Å². The second-order valence-corrected chi connectivity index (χ2v) is 5.11. The second-order valence-electron chi connectivity index (χ2n) is 4.19. The van der Waals surface area contributed by atoms with E-state index in [0.717, 1.165) is 28.8 Å². The average molecular weight is 298 g/mol. The topological polar surface area (TPSA) is 61.9 Å². The van der Waals surface area contributed by atoms with Crippen molar-refractivity contribution in [2.24, 2.45) is 10.9 Å². The van der Waals surface area contributed by atoms with Gasteiger partial charge in [0, 0.05) is 28.8 Å². The maximum absolute atomic E-state index is 8.83. The summed E-state index contributed by atoms with van der Waals surface area (Å²) in [4.78, 5) is 2.29. The van der Waals surface area contributed by atoms with Crippen molar-refractivity contribution in [1.29, 1.82) is 0 Å². The Bertz CT molecular complexity index is 428. The van der Waals surface area contributed by atoms with Gasteiger partial charge in [-0.3, -0.25) is 0 Å². The van der Waals surface area contributed by atoms with Crippen molar-refractivity contribution in [2.75, 3.05) is 18.0 Å². The monoisotopic (exact) mass is 297 g/mol. The van der Waals surface area contributed by atoms with E-state index in [2.05, 4.69) is 26.0 Å². The minimum Gasteiger partial charge on any atom is -0.409 e. The highest BCUT2D eigenvalue weighted by Crippen LogP contribution is 2.27. The molecule has 1 aliphatic rings. The third kappa shape index (κ3) is 2.72. The Morgan fingerprint density at radius 2 is 2.00 bits per heavy atom. The molecule has 1 aliphatic heterocycles. The van der Waals surface area contributed by atoms with Gasteiger partial charge in [-0.25, -0.2) is 0 Å². The molecule has 1 saturated heterocycles. The summed E-state index contributed by atoms with van der Waals surface area (Å²) in [6.07, 6.45) is 3.68. The van der Waals surface area contributed by atoms with Crippen LogP contribution in [0.3, 0.4) is 0 Å². The van der Waals surface area contributed by atoms with Crippen LogP contribution in [0.1, 0.15) is 24.8 Å². The summed E-state index contributed by atoms with van der Waals surface area (Å²) in [6, 6.07) is 5.89. The van der Waals surface area contributed by atoms with Gasteiger partial charge in [-0.15, -0.1) is 0 Å². The molecule has 0 amide bonds. The van der Waals surface area contributed by atoms with Crippen LogP contribution >= 0.6 is 15.9 Å². The van der Waals surface area contributed by atoms with E-state index in [0.29, 0.717) is 0 Å². The maximum atomic E-state index is 8.83. The van der Waals surface area contributed by atoms with Crippen LogP contribution in [0.4, 0.5) is 5.69 Å². The van der Waals surface area contributed by atoms with Crippen molar-refractivity contribution in [1.82, 2.24) is 0 Å². The number of benzene rings is 1. The molecule has 3 N–H and O–H groups in total. The van der Waals surface area contributed by atoms with Gasteiger partial charge in [0.15, 0.2) is 5.84 Å². The van der Waals surface area contributed by atoms with Crippen LogP contribution in [0, 0.1) is 0 Å². The highest BCUT2D eigenvalue weighted by atomic mass is 79.9. The number of piperidine rings is 1. The molecular weight excluding hydrogens is 282 g/mol. The molecular formula is C12H16BrN3O. The highest BCUT2D eigenvalue weighted by Gasteiger charge is 2.16. The first-order valence-electron chi connectivity index (χ1n) is 5.75. The molecule has 0 atom stereocenters. The summed E-state index contributed by atoms with van der Waals surface area (Å²) < 4.78 is 0.930.